The van der Waals surface area contributed by atoms with Gasteiger partial charge in [-0.1, -0.05) is 60.7 Å². The van der Waals surface area contributed by atoms with Crippen molar-refractivity contribution in [2.24, 2.45) is 0 Å². The highest BCUT2D eigenvalue weighted by atomic mass is 16.5. The van der Waals surface area contributed by atoms with Gasteiger partial charge in [0.15, 0.2) is 0 Å². The van der Waals surface area contributed by atoms with Gasteiger partial charge in [-0.2, -0.15) is 0 Å². The molecular formula is C32H36N2O4. The van der Waals surface area contributed by atoms with Crippen molar-refractivity contribution in [1.82, 2.24) is 5.32 Å². The lowest BCUT2D eigenvalue weighted by Crippen LogP contribution is -2.54. The molecular weight excluding hydrogens is 476 g/mol. The number of fused-ring (bicyclic) bond motifs is 1. The minimum absolute atomic E-state index is 0.262. The summed E-state index contributed by atoms with van der Waals surface area (Å²) in [6.45, 7) is 5.60. The van der Waals surface area contributed by atoms with Gasteiger partial charge in [-0.3, -0.25) is 0 Å². The van der Waals surface area contributed by atoms with E-state index in [-0.39, 0.29) is 6.04 Å². The van der Waals surface area contributed by atoms with E-state index < -0.39 is 0 Å². The van der Waals surface area contributed by atoms with Gasteiger partial charge in [-0.25, -0.2) is 0 Å². The SMILES string of the molecule is COc1ccccc1COCCOCc1ccc(N2CCNC[C@@H]2COc2ccc3ccccc3c2)cc1. The molecule has 0 unspecified atom stereocenters. The largest absolute Gasteiger partial charge is 0.496 e. The van der Waals surface area contributed by atoms with E-state index in [0.29, 0.717) is 33.0 Å². The van der Waals surface area contributed by atoms with Crippen LogP contribution in [0.2, 0.25) is 0 Å². The van der Waals surface area contributed by atoms with Gasteiger partial charge >= 0.3 is 0 Å². The predicted molar refractivity (Wildman–Crippen MR) is 152 cm³/mol. The highest BCUT2D eigenvalue weighted by Crippen LogP contribution is 2.23. The number of hydrogen-bond donors (Lipinski definition) is 1. The van der Waals surface area contributed by atoms with Crippen LogP contribution in [0, 0.1) is 0 Å². The maximum absolute atomic E-state index is 6.23. The van der Waals surface area contributed by atoms with E-state index >= 15 is 0 Å². The number of nitrogens with zero attached hydrogens (tertiary/aromatic N) is 1. The minimum Gasteiger partial charge on any atom is -0.496 e. The molecule has 0 aromatic heterocycles. The molecule has 1 saturated heterocycles. The third-order valence-electron chi connectivity index (χ3n) is 6.87. The summed E-state index contributed by atoms with van der Waals surface area (Å²) in [5.74, 6) is 1.76. The highest BCUT2D eigenvalue weighted by molar-refractivity contribution is 5.83. The molecule has 4 aromatic carbocycles. The fourth-order valence-electron chi connectivity index (χ4n) is 4.80. The van der Waals surface area contributed by atoms with Crippen molar-refractivity contribution in [2.75, 3.05) is 51.5 Å². The van der Waals surface area contributed by atoms with Crippen LogP contribution in [0.5, 0.6) is 11.5 Å². The lowest BCUT2D eigenvalue weighted by molar-refractivity contribution is 0.0333. The Hall–Kier alpha value is -3.58. The molecule has 0 saturated carbocycles. The molecule has 0 bridgehead atoms. The van der Waals surface area contributed by atoms with Crippen molar-refractivity contribution in [1.29, 1.82) is 0 Å². The molecule has 1 fully saturated rings. The molecule has 0 spiro atoms. The number of anilines is 1. The number of ether oxygens (including phenoxy) is 4. The van der Waals surface area contributed by atoms with Gasteiger partial charge in [0.2, 0.25) is 0 Å². The van der Waals surface area contributed by atoms with E-state index in [2.05, 4.69) is 76.9 Å². The van der Waals surface area contributed by atoms with Crippen LogP contribution in [0.25, 0.3) is 10.8 Å². The first kappa shape index (κ1) is 26.0. The second kappa shape index (κ2) is 13.3. The average Bonchev–Trinajstić information content (AvgIpc) is 2.98. The minimum atomic E-state index is 0.262. The number of piperazine rings is 1. The molecule has 0 aliphatic carbocycles. The van der Waals surface area contributed by atoms with Crippen LogP contribution >= 0.6 is 0 Å². The summed E-state index contributed by atoms with van der Waals surface area (Å²) in [7, 11) is 1.68. The Balaban J connectivity index is 1.08. The molecule has 1 atom stereocenters. The Morgan fingerprint density at radius 2 is 1.58 bits per heavy atom. The summed E-state index contributed by atoms with van der Waals surface area (Å²) < 4.78 is 23.2. The predicted octanol–water partition coefficient (Wildman–Crippen LogP) is 5.44. The van der Waals surface area contributed by atoms with Crippen molar-refractivity contribution < 1.29 is 18.9 Å². The quantitative estimate of drug-likeness (QED) is 0.255. The van der Waals surface area contributed by atoms with E-state index in [1.807, 2.05) is 24.3 Å². The van der Waals surface area contributed by atoms with E-state index in [1.165, 1.54) is 16.5 Å². The van der Waals surface area contributed by atoms with E-state index in [0.717, 1.165) is 42.3 Å². The summed E-state index contributed by atoms with van der Waals surface area (Å²) in [6, 6.07) is 31.5. The van der Waals surface area contributed by atoms with Crippen molar-refractivity contribution >= 4 is 16.5 Å². The highest BCUT2D eigenvalue weighted by Gasteiger charge is 2.23. The van der Waals surface area contributed by atoms with Crippen molar-refractivity contribution in [2.45, 2.75) is 19.3 Å². The third-order valence-corrected chi connectivity index (χ3v) is 6.87. The van der Waals surface area contributed by atoms with Gasteiger partial charge in [0.25, 0.3) is 0 Å². The zero-order chi connectivity index (χ0) is 26.0. The maximum Gasteiger partial charge on any atom is 0.124 e. The van der Waals surface area contributed by atoms with Crippen LogP contribution in [0.1, 0.15) is 11.1 Å². The van der Waals surface area contributed by atoms with Gasteiger partial charge in [0.1, 0.15) is 18.1 Å². The Labute approximate surface area is 225 Å². The van der Waals surface area contributed by atoms with Gasteiger partial charge in [-0.05, 0) is 46.7 Å². The van der Waals surface area contributed by atoms with Crippen LogP contribution in [0.4, 0.5) is 5.69 Å². The van der Waals surface area contributed by atoms with Crippen LogP contribution in [0.3, 0.4) is 0 Å². The molecule has 198 valence electrons. The summed E-state index contributed by atoms with van der Waals surface area (Å²) in [5.41, 5.74) is 3.40. The standard InChI is InChI=1S/C32H36N2O4/c1-35-32-9-5-4-8-28(32)23-37-19-18-36-22-25-10-13-29(14-11-25)34-17-16-33-21-30(34)24-38-31-15-12-26-6-2-3-7-27(26)20-31/h2-15,20,30,33H,16-19,21-24H2,1H3/t30-/m1/s1. The van der Waals surface area contributed by atoms with E-state index in [9.17, 15) is 0 Å². The fraction of sp³-hybridized carbons (Fsp3) is 0.312. The van der Waals surface area contributed by atoms with Gasteiger partial charge in [-0.15, -0.1) is 0 Å². The summed E-state index contributed by atoms with van der Waals surface area (Å²) >= 11 is 0. The van der Waals surface area contributed by atoms with Crippen LogP contribution < -0.4 is 19.7 Å². The first-order valence-electron chi connectivity index (χ1n) is 13.3. The van der Waals surface area contributed by atoms with Crippen molar-refractivity contribution in [3.63, 3.8) is 0 Å². The molecule has 1 heterocycles. The number of hydrogen-bond acceptors (Lipinski definition) is 6. The molecule has 1 aliphatic rings. The van der Waals surface area contributed by atoms with Gasteiger partial charge < -0.3 is 29.2 Å². The van der Waals surface area contributed by atoms with E-state index in [1.54, 1.807) is 7.11 Å². The number of methoxy groups -OCH3 is 1. The summed E-state index contributed by atoms with van der Waals surface area (Å²) in [6.07, 6.45) is 0. The van der Waals surface area contributed by atoms with Crippen molar-refractivity contribution in [3.8, 4) is 11.5 Å². The van der Waals surface area contributed by atoms with Crippen LogP contribution in [0.15, 0.2) is 91.0 Å². The first-order chi connectivity index (χ1) is 18.8. The van der Waals surface area contributed by atoms with E-state index in [4.69, 9.17) is 18.9 Å². The topological polar surface area (TPSA) is 52.2 Å². The molecule has 1 N–H and O–H groups in total. The number of para-hydroxylation sites is 1. The molecule has 6 heteroatoms. The smallest absolute Gasteiger partial charge is 0.124 e. The average molecular weight is 513 g/mol. The van der Waals surface area contributed by atoms with Gasteiger partial charge in [0, 0.05) is 30.9 Å². The van der Waals surface area contributed by atoms with Crippen LogP contribution in [-0.2, 0) is 22.7 Å². The molecule has 0 radical (unpaired) electrons. The second-order valence-corrected chi connectivity index (χ2v) is 9.45. The van der Waals surface area contributed by atoms with Gasteiger partial charge in [0.05, 0.1) is 39.6 Å². The normalized spacial score (nSPS) is 15.5. The molecule has 6 nitrogen and oxygen atoms in total. The van der Waals surface area contributed by atoms with Crippen LogP contribution in [-0.4, -0.2) is 52.6 Å². The Kier molecular flexibility index (Phi) is 9.11. The first-order valence-corrected chi connectivity index (χ1v) is 13.3. The molecule has 0 amide bonds. The maximum atomic E-state index is 6.23. The fourth-order valence-corrected chi connectivity index (χ4v) is 4.80. The zero-order valence-corrected chi connectivity index (χ0v) is 22.0. The molecule has 4 aromatic rings. The number of benzene rings is 4. The third kappa shape index (κ3) is 6.84. The van der Waals surface area contributed by atoms with Crippen molar-refractivity contribution in [3.05, 3.63) is 102 Å². The number of nitrogens with one attached hydrogen (secondary N) is 1. The zero-order valence-electron chi connectivity index (χ0n) is 22.0. The Bertz CT molecular complexity index is 1290. The summed E-state index contributed by atoms with van der Waals surface area (Å²) in [5, 5.41) is 5.94. The second-order valence-electron chi connectivity index (χ2n) is 9.45. The molecule has 1 aliphatic heterocycles. The monoisotopic (exact) mass is 512 g/mol. The molecule has 5 rings (SSSR count). The lowest BCUT2D eigenvalue weighted by atomic mass is 10.1. The summed E-state index contributed by atoms with van der Waals surface area (Å²) in [4.78, 5) is 2.44. The Morgan fingerprint density at radius 3 is 2.42 bits per heavy atom. The number of rotatable bonds is 12. The Morgan fingerprint density at radius 1 is 0.816 bits per heavy atom. The lowest BCUT2D eigenvalue weighted by Gasteiger charge is -2.37. The molecule has 38 heavy (non-hydrogen) atoms.